The second-order valence-electron chi connectivity index (χ2n) is 6.33. The Morgan fingerprint density at radius 2 is 1.84 bits per heavy atom. The van der Waals surface area contributed by atoms with Gasteiger partial charge in [0.25, 0.3) is 5.91 Å². The van der Waals surface area contributed by atoms with Crippen LogP contribution in [0.3, 0.4) is 0 Å². The molecule has 4 nitrogen and oxygen atoms in total. The third-order valence-corrected chi connectivity index (χ3v) is 3.50. The van der Waals surface area contributed by atoms with E-state index in [0.717, 1.165) is 5.56 Å². The summed E-state index contributed by atoms with van der Waals surface area (Å²) in [5.74, 6) is 5.46. The Balaban J connectivity index is 2.22. The number of amides is 1. The van der Waals surface area contributed by atoms with Gasteiger partial charge in [0.2, 0.25) is 0 Å². The molecular weight excluding hydrogens is 314 g/mol. The molecule has 1 amide bonds. The van der Waals surface area contributed by atoms with E-state index in [4.69, 9.17) is 0 Å². The number of nitrogens with zero attached hydrogens (tertiary/aromatic N) is 1. The minimum atomic E-state index is -1.09. The lowest BCUT2D eigenvalue weighted by Gasteiger charge is -2.22. The van der Waals surface area contributed by atoms with E-state index in [1.54, 1.807) is 43.0 Å². The van der Waals surface area contributed by atoms with E-state index in [-0.39, 0.29) is 19.1 Å². The monoisotopic (exact) mass is 337 g/mol. The maximum atomic E-state index is 12.8. The largest absolute Gasteiger partial charge is 0.395 e. The Bertz CT molecular complexity index is 767. The third kappa shape index (κ3) is 6.07. The number of carbonyl (C=O) groups excluding carboxylic acids is 1. The normalized spacial score (nSPS) is 10.7. The molecule has 0 saturated carbocycles. The molecule has 4 heteroatoms. The van der Waals surface area contributed by atoms with E-state index in [9.17, 15) is 15.0 Å². The second kappa shape index (κ2) is 8.48. The van der Waals surface area contributed by atoms with Crippen molar-refractivity contribution in [1.29, 1.82) is 0 Å². The maximum Gasteiger partial charge on any atom is 0.254 e. The Kier molecular flexibility index (Phi) is 6.35. The molecule has 0 aliphatic carbocycles. The van der Waals surface area contributed by atoms with Gasteiger partial charge in [-0.1, -0.05) is 48.2 Å². The smallest absolute Gasteiger partial charge is 0.254 e. The Labute approximate surface area is 148 Å². The minimum Gasteiger partial charge on any atom is -0.395 e. The number of hydrogen-bond donors (Lipinski definition) is 2. The van der Waals surface area contributed by atoms with Crippen molar-refractivity contribution in [2.45, 2.75) is 26.0 Å². The van der Waals surface area contributed by atoms with Gasteiger partial charge in [0.15, 0.2) is 0 Å². The van der Waals surface area contributed by atoms with E-state index in [1.165, 1.54) is 0 Å². The fourth-order valence-electron chi connectivity index (χ4n) is 2.31. The summed E-state index contributed by atoms with van der Waals surface area (Å²) in [6.07, 6.45) is 0. The zero-order valence-electron chi connectivity index (χ0n) is 14.6. The SMILES string of the molecule is CC(C)(O)C#Cc1cccc(C(=O)N(CCO)Cc2ccccc2)c1. The Morgan fingerprint density at radius 3 is 2.48 bits per heavy atom. The van der Waals surface area contributed by atoms with E-state index in [2.05, 4.69) is 11.8 Å². The summed E-state index contributed by atoms with van der Waals surface area (Å²) >= 11 is 0. The van der Waals surface area contributed by atoms with Crippen LogP contribution in [0.25, 0.3) is 0 Å². The van der Waals surface area contributed by atoms with E-state index in [0.29, 0.717) is 17.7 Å². The second-order valence-corrected chi connectivity index (χ2v) is 6.33. The van der Waals surface area contributed by atoms with Gasteiger partial charge in [-0.25, -0.2) is 0 Å². The first kappa shape index (κ1) is 18.7. The van der Waals surface area contributed by atoms with Gasteiger partial charge in [-0.15, -0.1) is 0 Å². The molecular formula is C21H23NO3. The molecule has 130 valence electrons. The molecule has 0 fully saturated rings. The molecule has 2 N–H and O–H groups in total. The number of benzene rings is 2. The molecule has 0 aliphatic heterocycles. The average molecular weight is 337 g/mol. The van der Waals surface area contributed by atoms with Crippen LogP contribution in [0, 0.1) is 11.8 Å². The predicted molar refractivity (Wildman–Crippen MR) is 97.9 cm³/mol. The lowest BCUT2D eigenvalue weighted by Crippen LogP contribution is -2.33. The van der Waals surface area contributed by atoms with E-state index < -0.39 is 5.60 Å². The van der Waals surface area contributed by atoms with Crippen molar-refractivity contribution in [2.24, 2.45) is 0 Å². The average Bonchev–Trinajstić information content (AvgIpc) is 2.59. The van der Waals surface area contributed by atoms with Crippen molar-refractivity contribution in [1.82, 2.24) is 4.90 Å². The summed E-state index contributed by atoms with van der Waals surface area (Å²) in [5.41, 5.74) is 1.09. The summed E-state index contributed by atoms with van der Waals surface area (Å²) in [4.78, 5) is 14.4. The third-order valence-electron chi connectivity index (χ3n) is 3.50. The predicted octanol–water partition coefficient (Wildman–Crippen LogP) is 2.44. The number of aliphatic hydroxyl groups is 2. The van der Waals surface area contributed by atoms with Crippen molar-refractivity contribution in [3.05, 3.63) is 71.3 Å². The first-order chi connectivity index (χ1) is 11.9. The van der Waals surface area contributed by atoms with Crippen LogP contribution in [-0.2, 0) is 6.54 Å². The van der Waals surface area contributed by atoms with Gasteiger partial charge in [0.05, 0.1) is 6.61 Å². The van der Waals surface area contributed by atoms with Crippen LogP contribution in [0.1, 0.15) is 35.3 Å². The molecule has 2 aromatic carbocycles. The van der Waals surface area contributed by atoms with E-state index in [1.807, 2.05) is 30.3 Å². The van der Waals surface area contributed by atoms with Crippen LogP contribution < -0.4 is 0 Å². The summed E-state index contributed by atoms with van der Waals surface area (Å²) in [6, 6.07) is 16.7. The van der Waals surface area contributed by atoms with E-state index >= 15 is 0 Å². The van der Waals surface area contributed by atoms with Gasteiger partial charge >= 0.3 is 0 Å². The molecule has 0 aliphatic rings. The van der Waals surface area contributed by atoms with Gasteiger partial charge in [-0.05, 0) is 37.6 Å². The summed E-state index contributed by atoms with van der Waals surface area (Å²) in [5, 5.41) is 19.0. The number of rotatable bonds is 5. The van der Waals surface area contributed by atoms with Crippen LogP contribution in [-0.4, -0.2) is 39.8 Å². The van der Waals surface area contributed by atoms with Crippen molar-refractivity contribution in [2.75, 3.05) is 13.2 Å². The fraction of sp³-hybridized carbons (Fsp3) is 0.286. The molecule has 0 unspecified atom stereocenters. The highest BCUT2D eigenvalue weighted by atomic mass is 16.3. The van der Waals surface area contributed by atoms with Gasteiger partial charge < -0.3 is 15.1 Å². The van der Waals surface area contributed by atoms with Crippen molar-refractivity contribution < 1.29 is 15.0 Å². The summed E-state index contributed by atoms with van der Waals surface area (Å²) < 4.78 is 0. The molecule has 25 heavy (non-hydrogen) atoms. The molecule has 2 rings (SSSR count). The molecule has 0 atom stereocenters. The summed E-state index contributed by atoms with van der Waals surface area (Å²) in [7, 11) is 0. The van der Waals surface area contributed by atoms with Gasteiger partial charge in [0.1, 0.15) is 5.60 Å². The first-order valence-corrected chi connectivity index (χ1v) is 8.19. The van der Waals surface area contributed by atoms with Crippen molar-refractivity contribution >= 4 is 5.91 Å². The maximum absolute atomic E-state index is 12.8. The minimum absolute atomic E-state index is 0.100. The van der Waals surface area contributed by atoms with Gasteiger partial charge in [-0.2, -0.15) is 0 Å². The molecule has 0 spiro atoms. The van der Waals surface area contributed by atoms with Crippen LogP contribution in [0.4, 0.5) is 0 Å². The highest BCUT2D eigenvalue weighted by molar-refractivity contribution is 5.94. The topological polar surface area (TPSA) is 60.8 Å². The van der Waals surface area contributed by atoms with Gasteiger partial charge in [0, 0.05) is 24.2 Å². The molecule has 0 aromatic heterocycles. The van der Waals surface area contributed by atoms with Crippen LogP contribution in [0.15, 0.2) is 54.6 Å². The molecule has 0 bridgehead atoms. The van der Waals surface area contributed by atoms with Crippen LogP contribution >= 0.6 is 0 Å². The zero-order chi connectivity index (χ0) is 18.3. The Hall–Kier alpha value is -2.61. The standard InChI is InChI=1S/C21H23NO3/c1-21(2,25)12-11-17-9-6-10-19(15-17)20(24)22(13-14-23)16-18-7-4-3-5-8-18/h3-10,15,23,25H,13-14,16H2,1-2H3. The Morgan fingerprint density at radius 1 is 1.12 bits per heavy atom. The van der Waals surface area contributed by atoms with Gasteiger partial charge in [-0.3, -0.25) is 4.79 Å². The first-order valence-electron chi connectivity index (χ1n) is 8.19. The van der Waals surface area contributed by atoms with Crippen LogP contribution in [0.5, 0.6) is 0 Å². The lowest BCUT2D eigenvalue weighted by molar-refractivity contribution is 0.0708. The molecule has 0 heterocycles. The lowest BCUT2D eigenvalue weighted by atomic mass is 10.1. The number of hydrogen-bond acceptors (Lipinski definition) is 3. The number of carbonyl (C=O) groups is 1. The number of aliphatic hydroxyl groups excluding tert-OH is 1. The van der Waals surface area contributed by atoms with Crippen molar-refractivity contribution in [3.8, 4) is 11.8 Å². The molecule has 0 radical (unpaired) electrons. The highest BCUT2D eigenvalue weighted by Crippen LogP contribution is 2.12. The highest BCUT2D eigenvalue weighted by Gasteiger charge is 2.16. The van der Waals surface area contributed by atoms with Crippen LogP contribution in [0.2, 0.25) is 0 Å². The quantitative estimate of drug-likeness (QED) is 0.824. The van der Waals surface area contributed by atoms with Crippen molar-refractivity contribution in [3.63, 3.8) is 0 Å². The molecule has 0 saturated heterocycles. The molecule has 2 aromatic rings. The zero-order valence-corrected chi connectivity index (χ0v) is 14.6. The fourth-order valence-corrected chi connectivity index (χ4v) is 2.31. The summed E-state index contributed by atoms with van der Waals surface area (Å²) in [6.45, 7) is 3.81.